The van der Waals surface area contributed by atoms with Crippen molar-refractivity contribution in [2.75, 3.05) is 6.54 Å². The zero-order valence-corrected chi connectivity index (χ0v) is 12.9. The maximum atomic E-state index is 11.7. The van der Waals surface area contributed by atoms with Gasteiger partial charge in [0.1, 0.15) is 12.1 Å². The van der Waals surface area contributed by atoms with Crippen molar-refractivity contribution < 1.29 is 19.1 Å². The number of amides is 2. The van der Waals surface area contributed by atoms with E-state index in [1.54, 1.807) is 51.6 Å². The molecule has 7 heteroatoms. The zero-order chi connectivity index (χ0) is 16.6. The van der Waals surface area contributed by atoms with Gasteiger partial charge in [-0.3, -0.25) is 14.6 Å². The molecule has 1 heterocycles. The van der Waals surface area contributed by atoms with Crippen molar-refractivity contribution in [2.45, 2.75) is 38.8 Å². The zero-order valence-electron chi connectivity index (χ0n) is 12.9. The number of carbonyl (C=O) groups is 2. The first-order chi connectivity index (χ1) is 10.3. The molecule has 1 aromatic heterocycles. The predicted octanol–water partition coefficient (Wildman–Crippen LogP) is 0.743. The molecule has 0 aliphatic rings. The third-order valence-electron chi connectivity index (χ3n) is 2.43. The number of pyridine rings is 1. The minimum Gasteiger partial charge on any atom is -0.444 e. The molecule has 0 aliphatic heterocycles. The number of alkyl carbamates (subject to hydrolysis) is 1. The molecule has 119 valence electrons. The molecule has 0 saturated carbocycles. The first kappa shape index (κ1) is 17.6. The highest BCUT2D eigenvalue weighted by atomic mass is 16.6. The molecule has 0 fully saturated rings. The highest BCUT2D eigenvalue weighted by Gasteiger charge is 2.18. The van der Waals surface area contributed by atoms with E-state index in [-0.39, 0.29) is 13.0 Å². The van der Waals surface area contributed by atoms with Crippen LogP contribution >= 0.6 is 0 Å². The summed E-state index contributed by atoms with van der Waals surface area (Å²) in [6.45, 7) is 4.88. The van der Waals surface area contributed by atoms with Crippen LogP contribution in [0.15, 0.2) is 24.5 Å². The van der Waals surface area contributed by atoms with Gasteiger partial charge in [0.05, 0.1) is 6.04 Å². The van der Waals surface area contributed by atoms with Gasteiger partial charge >= 0.3 is 6.09 Å². The summed E-state index contributed by atoms with van der Waals surface area (Å²) >= 11 is 0. The second kappa shape index (κ2) is 8.11. The summed E-state index contributed by atoms with van der Waals surface area (Å²) in [4.78, 5) is 37.9. The Morgan fingerprint density at radius 3 is 2.68 bits per heavy atom. The molecule has 1 aromatic rings. The minimum absolute atomic E-state index is 0.278. The average Bonchev–Trinajstić information content (AvgIpc) is 2.44. The molecule has 0 aromatic carbocycles. The minimum atomic E-state index is -0.794. The number of nitrogens with one attached hydrogen (secondary N) is 2. The molecule has 2 amide bonds. The van der Waals surface area contributed by atoms with Crippen LogP contribution in [0.3, 0.4) is 0 Å². The topological polar surface area (TPSA) is 97.4 Å². The summed E-state index contributed by atoms with van der Waals surface area (Å²) in [6.07, 6.45) is 4.57. The van der Waals surface area contributed by atoms with Crippen LogP contribution in [-0.4, -0.2) is 41.5 Å². The van der Waals surface area contributed by atoms with Crippen LogP contribution in [0.25, 0.3) is 0 Å². The van der Waals surface area contributed by atoms with Crippen LogP contribution in [0.4, 0.5) is 4.79 Å². The van der Waals surface area contributed by atoms with Gasteiger partial charge in [0.2, 0.25) is 12.2 Å². The van der Waals surface area contributed by atoms with E-state index in [1.807, 2.05) is 0 Å². The Hall–Kier alpha value is -2.44. The van der Waals surface area contributed by atoms with Gasteiger partial charge in [0, 0.05) is 18.8 Å². The van der Waals surface area contributed by atoms with Crippen LogP contribution < -0.4 is 10.6 Å². The maximum absolute atomic E-state index is 11.7. The average molecular weight is 306 g/mol. The third kappa shape index (κ3) is 7.37. The van der Waals surface area contributed by atoms with E-state index in [4.69, 9.17) is 4.74 Å². The van der Waals surface area contributed by atoms with Gasteiger partial charge in [-0.25, -0.2) is 4.79 Å². The van der Waals surface area contributed by atoms with E-state index in [2.05, 4.69) is 15.6 Å². The smallest absolute Gasteiger partial charge is 0.408 e. The summed E-state index contributed by atoms with van der Waals surface area (Å²) in [6, 6.07) is 2.74. The fraction of sp³-hybridized carbons (Fsp3) is 0.467. The summed E-state index contributed by atoms with van der Waals surface area (Å²) in [5.41, 5.74) is 0.163. The number of hydrogen-bond donors (Lipinski definition) is 2. The molecule has 2 N–H and O–H groups in total. The Labute approximate surface area is 129 Å². The van der Waals surface area contributed by atoms with Crippen LogP contribution in [0.2, 0.25) is 0 Å². The van der Waals surface area contributed by atoms with Gasteiger partial charge in [-0.05, 0) is 32.4 Å². The molecule has 0 unspecified atom stereocenters. The van der Waals surface area contributed by atoms with Gasteiger partial charge < -0.3 is 15.4 Å². The summed E-state index contributed by atoms with van der Waals surface area (Å²) in [5.74, 6) is -0.497. The Balaban J connectivity index is 2.39. The van der Waals surface area contributed by atoms with E-state index < -0.39 is 23.6 Å². The van der Waals surface area contributed by atoms with Crippen LogP contribution in [-0.2, 0) is 20.7 Å². The van der Waals surface area contributed by atoms with E-state index in [9.17, 15) is 14.4 Å². The quantitative estimate of drug-likeness (QED) is 0.808. The first-order valence-corrected chi connectivity index (χ1v) is 6.83. The van der Waals surface area contributed by atoms with Gasteiger partial charge in [-0.2, -0.15) is 0 Å². The molecule has 1 atom stereocenters. The van der Waals surface area contributed by atoms with Crippen LogP contribution in [0.1, 0.15) is 26.3 Å². The summed E-state index contributed by atoms with van der Waals surface area (Å²) < 4.78 is 5.00. The lowest BCUT2D eigenvalue weighted by molar-refractivity contribution is -0.120. The standard InChI is InChI=1S/C15H20N3O4/c1-15(2,3)22-14(21)17-9-13(20)18-12(10-19)7-11-5-4-6-16-8-11/h4-6,8,12H,7,9H2,1-3H3,(H,17,21)(H,18,20)/t12-/m0/s1. The highest BCUT2D eigenvalue weighted by molar-refractivity contribution is 5.84. The van der Waals surface area contributed by atoms with Crippen LogP contribution in [0.5, 0.6) is 0 Å². The van der Waals surface area contributed by atoms with Crippen molar-refractivity contribution in [1.82, 2.24) is 15.6 Å². The second-order valence-corrected chi connectivity index (χ2v) is 5.66. The lowest BCUT2D eigenvalue weighted by atomic mass is 10.1. The normalized spacial score (nSPS) is 12.1. The van der Waals surface area contributed by atoms with Gasteiger partial charge in [-0.1, -0.05) is 6.07 Å². The predicted molar refractivity (Wildman–Crippen MR) is 79.8 cm³/mol. The fourth-order valence-corrected chi connectivity index (χ4v) is 1.59. The maximum Gasteiger partial charge on any atom is 0.408 e. The number of nitrogens with zero attached hydrogens (tertiary/aromatic N) is 1. The SMILES string of the molecule is CC(C)(C)OC(=O)NCC(=O)N[C@H]([C]=O)Cc1cccnc1. The largest absolute Gasteiger partial charge is 0.444 e. The van der Waals surface area contributed by atoms with Gasteiger partial charge in [0.25, 0.3) is 0 Å². The molecule has 1 rings (SSSR count). The molecule has 22 heavy (non-hydrogen) atoms. The molecule has 0 bridgehead atoms. The number of carbonyl (C=O) groups excluding carboxylic acids is 3. The number of hydrogen-bond acceptors (Lipinski definition) is 5. The Kier molecular flexibility index (Phi) is 6.49. The van der Waals surface area contributed by atoms with Crippen molar-refractivity contribution in [3.63, 3.8) is 0 Å². The van der Waals surface area contributed by atoms with Crippen molar-refractivity contribution >= 4 is 18.3 Å². The second-order valence-electron chi connectivity index (χ2n) is 5.66. The molecule has 7 nitrogen and oxygen atoms in total. The third-order valence-corrected chi connectivity index (χ3v) is 2.43. The molecule has 0 spiro atoms. The fourth-order valence-electron chi connectivity index (χ4n) is 1.59. The Bertz CT molecular complexity index is 511. The first-order valence-electron chi connectivity index (χ1n) is 6.83. The number of ether oxygens (including phenoxy) is 1. The summed E-state index contributed by atoms with van der Waals surface area (Å²) in [5, 5.41) is 4.79. The van der Waals surface area contributed by atoms with E-state index >= 15 is 0 Å². The van der Waals surface area contributed by atoms with Crippen LogP contribution in [0, 0.1) is 0 Å². The highest BCUT2D eigenvalue weighted by Crippen LogP contribution is 2.06. The van der Waals surface area contributed by atoms with Crippen molar-refractivity contribution in [2.24, 2.45) is 0 Å². The molecular formula is C15H20N3O4. The number of aromatic nitrogens is 1. The Morgan fingerprint density at radius 2 is 2.14 bits per heavy atom. The molecule has 1 radical (unpaired) electrons. The number of rotatable bonds is 6. The Morgan fingerprint density at radius 1 is 1.41 bits per heavy atom. The van der Waals surface area contributed by atoms with Crippen molar-refractivity contribution in [3.05, 3.63) is 30.1 Å². The van der Waals surface area contributed by atoms with Crippen molar-refractivity contribution in [1.29, 1.82) is 0 Å². The monoisotopic (exact) mass is 306 g/mol. The van der Waals surface area contributed by atoms with Gasteiger partial charge in [0.15, 0.2) is 0 Å². The van der Waals surface area contributed by atoms with Crippen molar-refractivity contribution in [3.8, 4) is 0 Å². The lowest BCUT2D eigenvalue weighted by Gasteiger charge is -2.19. The molecule has 0 saturated heterocycles. The summed E-state index contributed by atoms with van der Waals surface area (Å²) in [7, 11) is 0. The molecule has 0 aliphatic carbocycles. The van der Waals surface area contributed by atoms with E-state index in [0.29, 0.717) is 0 Å². The van der Waals surface area contributed by atoms with Gasteiger partial charge in [-0.15, -0.1) is 0 Å². The van der Waals surface area contributed by atoms with E-state index in [1.165, 1.54) is 0 Å². The lowest BCUT2D eigenvalue weighted by Crippen LogP contribution is -2.44. The van der Waals surface area contributed by atoms with E-state index in [0.717, 1.165) is 5.56 Å². The molecular weight excluding hydrogens is 286 g/mol.